The van der Waals surface area contributed by atoms with E-state index in [0.717, 1.165) is 5.52 Å². The molecule has 7 nitrogen and oxygen atoms in total. The van der Waals surface area contributed by atoms with Crippen molar-refractivity contribution in [2.75, 3.05) is 11.9 Å². The van der Waals surface area contributed by atoms with Gasteiger partial charge in [0, 0.05) is 12.2 Å². The highest BCUT2D eigenvalue weighted by Gasteiger charge is 2.13. The summed E-state index contributed by atoms with van der Waals surface area (Å²) in [4.78, 5) is 24.0. The van der Waals surface area contributed by atoms with Crippen LogP contribution >= 0.6 is 0 Å². The van der Waals surface area contributed by atoms with Crippen molar-refractivity contribution >= 4 is 28.6 Å². The average Bonchev–Trinajstić information content (AvgIpc) is 3.05. The number of amides is 1. The van der Waals surface area contributed by atoms with E-state index >= 15 is 0 Å². The SMILES string of the molecule is CCn1nnc2cc(C(=O)OCC(=O)Nc3ccc(C)c(F)c3)ccc21. The van der Waals surface area contributed by atoms with E-state index in [0.29, 0.717) is 23.3 Å². The van der Waals surface area contributed by atoms with Crippen LogP contribution in [0.15, 0.2) is 36.4 Å². The number of fused-ring (bicyclic) bond motifs is 1. The van der Waals surface area contributed by atoms with Gasteiger partial charge in [-0.25, -0.2) is 13.9 Å². The van der Waals surface area contributed by atoms with Crippen molar-refractivity contribution in [2.45, 2.75) is 20.4 Å². The first-order chi connectivity index (χ1) is 12.5. The first kappa shape index (κ1) is 17.5. The lowest BCUT2D eigenvalue weighted by atomic mass is 10.2. The third-order valence-corrected chi connectivity index (χ3v) is 3.84. The Morgan fingerprint density at radius 2 is 2.04 bits per heavy atom. The number of carbonyl (C=O) groups is 2. The summed E-state index contributed by atoms with van der Waals surface area (Å²) < 4.78 is 20.2. The van der Waals surface area contributed by atoms with Crippen LogP contribution in [0, 0.1) is 12.7 Å². The summed E-state index contributed by atoms with van der Waals surface area (Å²) in [5.74, 6) is -1.63. The van der Waals surface area contributed by atoms with Crippen LogP contribution in [0.3, 0.4) is 0 Å². The Bertz CT molecular complexity index is 984. The summed E-state index contributed by atoms with van der Waals surface area (Å²) in [6.45, 7) is 3.75. The van der Waals surface area contributed by atoms with Gasteiger partial charge in [0.25, 0.3) is 5.91 Å². The fourth-order valence-electron chi connectivity index (χ4n) is 2.41. The third kappa shape index (κ3) is 3.69. The third-order valence-electron chi connectivity index (χ3n) is 3.84. The summed E-state index contributed by atoms with van der Waals surface area (Å²) in [7, 11) is 0. The molecule has 1 N–H and O–H groups in total. The second-order valence-corrected chi connectivity index (χ2v) is 5.70. The molecule has 1 aromatic heterocycles. The number of hydrogen-bond donors (Lipinski definition) is 1. The Morgan fingerprint density at radius 3 is 2.77 bits per heavy atom. The molecular formula is C18H17FN4O3. The first-order valence-electron chi connectivity index (χ1n) is 8.04. The van der Waals surface area contributed by atoms with Crippen molar-refractivity contribution in [1.82, 2.24) is 15.0 Å². The number of aryl methyl sites for hydroxylation is 2. The first-order valence-corrected chi connectivity index (χ1v) is 8.04. The largest absolute Gasteiger partial charge is 0.452 e. The molecule has 2 aromatic carbocycles. The maximum Gasteiger partial charge on any atom is 0.338 e. The number of carbonyl (C=O) groups excluding carboxylic acids is 2. The predicted molar refractivity (Wildman–Crippen MR) is 93.3 cm³/mol. The monoisotopic (exact) mass is 356 g/mol. The molecule has 0 aliphatic heterocycles. The topological polar surface area (TPSA) is 86.1 Å². The quantitative estimate of drug-likeness (QED) is 0.711. The van der Waals surface area contributed by atoms with Crippen molar-refractivity contribution in [3.05, 3.63) is 53.3 Å². The van der Waals surface area contributed by atoms with Crippen LogP contribution in [0.5, 0.6) is 0 Å². The Balaban J connectivity index is 1.61. The van der Waals surface area contributed by atoms with Gasteiger partial charge >= 0.3 is 5.97 Å². The Morgan fingerprint density at radius 1 is 1.23 bits per heavy atom. The number of benzene rings is 2. The number of anilines is 1. The highest BCUT2D eigenvalue weighted by atomic mass is 19.1. The molecule has 0 saturated carbocycles. The number of nitrogens with zero attached hydrogens (tertiary/aromatic N) is 3. The minimum Gasteiger partial charge on any atom is -0.452 e. The van der Waals surface area contributed by atoms with Gasteiger partial charge in [-0.05, 0) is 49.7 Å². The molecule has 0 spiro atoms. The van der Waals surface area contributed by atoms with Gasteiger partial charge in [-0.3, -0.25) is 4.79 Å². The number of aromatic nitrogens is 3. The molecule has 3 rings (SSSR count). The number of nitrogens with one attached hydrogen (secondary N) is 1. The van der Waals surface area contributed by atoms with E-state index in [1.54, 1.807) is 41.9 Å². The number of rotatable bonds is 5. The molecule has 1 heterocycles. The fraction of sp³-hybridized carbons (Fsp3) is 0.222. The van der Waals surface area contributed by atoms with Gasteiger partial charge < -0.3 is 10.1 Å². The molecule has 0 unspecified atom stereocenters. The molecule has 1 amide bonds. The summed E-state index contributed by atoms with van der Waals surface area (Å²) in [5, 5.41) is 10.4. The summed E-state index contributed by atoms with van der Waals surface area (Å²) in [6, 6.07) is 9.21. The molecule has 26 heavy (non-hydrogen) atoms. The lowest BCUT2D eigenvalue weighted by Gasteiger charge is -2.07. The van der Waals surface area contributed by atoms with Crippen LogP contribution in [0.2, 0.25) is 0 Å². The predicted octanol–water partition coefficient (Wildman–Crippen LogP) is 2.69. The van der Waals surface area contributed by atoms with Crippen molar-refractivity contribution in [1.29, 1.82) is 0 Å². The number of ether oxygens (including phenoxy) is 1. The minimum atomic E-state index is -0.650. The van der Waals surface area contributed by atoms with Gasteiger partial charge in [-0.15, -0.1) is 5.10 Å². The van der Waals surface area contributed by atoms with Crippen LogP contribution in [0.1, 0.15) is 22.8 Å². The summed E-state index contributed by atoms with van der Waals surface area (Å²) >= 11 is 0. The molecule has 0 saturated heterocycles. The van der Waals surface area contributed by atoms with Crippen LogP contribution in [-0.2, 0) is 16.1 Å². The lowest BCUT2D eigenvalue weighted by molar-refractivity contribution is -0.119. The van der Waals surface area contributed by atoms with Crippen LogP contribution < -0.4 is 5.32 Å². The van der Waals surface area contributed by atoms with Crippen molar-refractivity contribution < 1.29 is 18.7 Å². The zero-order valence-electron chi connectivity index (χ0n) is 14.3. The standard InChI is InChI=1S/C18H17FN4O3/c1-3-23-16-7-5-12(8-15(16)21-22-23)18(25)26-10-17(24)20-13-6-4-11(2)14(19)9-13/h4-9H,3,10H2,1-2H3,(H,20,24). The molecule has 134 valence electrons. The van der Waals surface area contributed by atoms with Crippen LogP contribution in [-0.4, -0.2) is 33.5 Å². The Hall–Kier alpha value is -3.29. The second kappa shape index (κ2) is 7.30. The molecule has 0 radical (unpaired) electrons. The average molecular weight is 356 g/mol. The van der Waals surface area contributed by atoms with Gasteiger partial charge in [0.2, 0.25) is 0 Å². The maximum absolute atomic E-state index is 13.5. The van der Waals surface area contributed by atoms with Crippen molar-refractivity contribution in [2.24, 2.45) is 0 Å². The van der Waals surface area contributed by atoms with Crippen LogP contribution in [0.25, 0.3) is 11.0 Å². The van der Waals surface area contributed by atoms with Gasteiger partial charge in [-0.2, -0.15) is 0 Å². The highest BCUT2D eigenvalue weighted by molar-refractivity contribution is 5.97. The molecule has 0 aliphatic rings. The number of halogens is 1. The maximum atomic E-state index is 13.5. The Labute approximate surface area is 148 Å². The molecule has 0 bridgehead atoms. The van der Waals surface area contributed by atoms with E-state index in [2.05, 4.69) is 15.6 Å². The zero-order chi connectivity index (χ0) is 18.7. The molecule has 0 atom stereocenters. The van der Waals surface area contributed by atoms with E-state index in [4.69, 9.17) is 4.74 Å². The number of esters is 1. The van der Waals surface area contributed by atoms with E-state index in [-0.39, 0.29) is 5.56 Å². The lowest BCUT2D eigenvalue weighted by Crippen LogP contribution is -2.21. The van der Waals surface area contributed by atoms with E-state index < -0.39 is 24.3 Å². The summed E-state index contributed by atoms with van der Waals surface area (Å²) in [6.07, 6.45) is 0. The second-order valence-electron chi connectivity index (χ2n) is 5.70. The zero-order valence-corrected chi connectivity index (χ0v) is 14.3. The minimum absolute atomic E-state index is 0.273. The summed E-state index contributed by atoms with van der Waals surface area (Å²) in [5.41, 5.74) is 2.43. The van der Waals surface area contributed by atoms with Crippen molar-refractivity contribution in [3.63, 3.8) is 0 Å². The Kier molecular flexibility index (Phi) is 4.92. The molecular weight excluding hydrogens is 339 g/mol. The smallest absolute Gasteiger partial charge is 0.338 e. The van der Waals surface area contributed by atoms with E-state index in [9.17, 15) is 14.0 Å². The van der Waals surface area contributed by atoms with E-state index in [1.165, 1.54) is 6.07 Å². The molecule has 8 heteroatoms. The van der Waals surface area contributed by atoms with Gasteiger partial charge in [0.05, 0.1) is 11.1 Å². The fourth-order valence-corrected chi connectivity index (χ4v) is 2.41. The number of hydrogen-bond acceptors (Lipinski definition) is 5. The van der Waals surface area contributed by atoms with Gasteiger partial charge in [-0.1, -0.05) is 11.3 Å². The molecule has 3 aromatic rings. The van der Waals surface area contributed by atoms with Gasteiger partial charge in [0.1, 0.15) is 11.3 Å². The highest BCUT2D eigenvalue weighted by Crippen LogP contribution is 2.15. The van der Waals surface area contributed by atoms with E-state index in [1.807, 2.05) is 6.92 Å². The van der Waals surface area contributed by atoms with Gasteiger partial charge in [0.15, 0.2) is 6.61 Å². The molecule has 0 fully saturated rings. The van der Waals surface area contributed by atoms with Crippen molar-refractivity contribution in [3.8, 4) is 0 Å². The van der Waals surface area contributed by atoms with Crippen LogP contribution in [0.4, 0.5) is 10.1 Å². The normalized spacial score (nSPS) is 10.7. The molecule has 0 aliphatic carbocycles.